The number of halogens is 1. The van der Waals surface area contributed by atoms with Crippen LogP contribution in [0.5, 0.6) is 11.5 Å². The van der Waals surface area contributed by atoms with Crippen molar-refractivity contribution in [2.45, 2.75) is 64.1 Å². The molecule has 5 nitrogen and oxygen atoms in total. The minimum atomic E-state index is -0.351. The molecule has 30 heavy (non-hydrogen) atoms. The molecular formula is C24H29FN2O3. The van der Waals surface area contributed by atoms with Crippen LogP contribution in [0, 0.1) is 5.82 Å². The van der Waals surface area contributed by atoms with Gasteiger partial charge in [0.1, 0.15) is 23.4 Å². The smallest absolute Gasteiger partial charge is 0.169 e. The van der Waals surface area contributed by atoms with Crippen molar-refractivity contribution >= 4 is 11.6 Å². The number of aromatic nitrogens is 1. The molecule has 2 heterocycles. The van der Waals surface area contributed by atoms with E-state index in [0.717, 1.165) is 30.6 Å². The van der Waals surface area contributed by atoms with Crippen LogP contribution in [0.25, 0.3) is 0 Å². The molecule has 160 valence electrons. The Hall–Kier alpha value is -2.63. The predicted molar refractivity (Wildman–Crippen MR) is 114 cm³/mol. The Morgan fingerprint density at radius 1 is 1.17 bits per heavy atom. The summed E-state index contributed by atoms with van der Waals surface area (Å²) in [6.07, 6.45) is 6.40. The number of carbonyl (C=O) groups excluding carboxylic acids is 1. The standard InChI is InChI=1S/C24H29FN2O3/c1-16(12-17(2)28)18-6-8-20(9-7-18)29-21-10-11-27(15-21)24-23(25)13-22(14-26-24)30-19-4-3-5-19/h6-9,13-14,16,19,21H,3-5,10-12,15H2,1-2H3/t16-,21?/m1/s1. The molecule has 1 saturated heterocycles. The van der Waals surface area contributed by atoms with E-state index in [1.54, 1.807) is 13.1 Å². The van der Waals surface area contributed by atoms with Gasteiger partial charge in [0.2, 0.25) is 0 Å². The quantitative estimate of drug-likeness (QED) is 0.618. The summed E-state index contributed by atoms with van der Waals surface area (Å²) >= 11 is 0. The lowest BCUT2D eigenvalue weighted by atomic mass is 9.96. The average molecular weight is 413 g/mol. The zero-order valence-electron chi connectivity index (χ0n) is 17.6. The fraction of sp³-hybridized carbons (Fsp3) is 0.500. The van der Waals surface area contributed by atoms with Crippen LogP contribution in [0.2, 0.25) is 0 Å². The minimum Gasteiger partial charge on any atom is -0.489 e. The van der Waals surface area contributed by atoms with Gasteiger partial charge in [-0.2, -0.15) is 0 Å². The first-order valence-corrected chi connectivity index (χ1v) is 10.8. The highest BCUT2D eigenvalue weighted by molar-refractivity contribution is 5.76. The summed E-state index contributed by atoms with van der Waals surface area (Å²) in [5.74, 6) is 1.69. The molecule has 0 bridgehead atoms. The molecule has 0 spiro atoms. The Kier molecular flexibility index (Phi) is 6.21. The van der Waals surface area contributed by atoms with Gasteiger partial charge in [-0.15, -0.1) is 0 Å². The third kappa shape index (κ3) is 4.91. The lowest BCUT2D eigenvalue weighted by Gasteiger charge is -2.26. The molecule has 2 aromatic rings. The van der Waals surface area contributed by atoms with Crippen LogP contribution in [0.4, 0.5) is 10.2 Å². The van der Waals surface area contributed by atoms with E-state index in [0.29, 0.717) is 31.1 Å². The van der Waals surface area contributed by atoms with Gasteiger partial charge in [-0.3, -0.25) is 0 Å². The molecule has 0 N–H and O–H groups in total. The summed E-state index contributed by atoms with van der Waals surface area (Å²) in [4.78, 5) is 17.5. The van der Waals surface area contributed by atoms with Crippen LogP contribution >= 0.6 is 0 Å². The minimum absolute atomic E-state index is 0.0161. The van der Waals surface area contributed by atoms with Gasteiger partial charge in [0.25, 0.3) is 0 Å². The Balaban J connectivity index is 1.32. The van der Waals surface area contributed by atoms with Gasteiger partial charge in [-0.1, -0.05) is 19.1 Å². The van der Waals surface area contributed by atoms with Crippen molar-refractivity contribution < 1.29 is 18.7 Å². The van der Waals surface area contributed by atoms with Crippen LogP contribution in [-0.2, 0) is 4.79 Å². The molecule has 2 fully saturated rings. The van der Waals surface area contributed by atoms with E-state index in [9.17, 15) is 9.18 Å². The summed E-state index contributed by atoms with van der Waals surface area (Å²) in [5.41, 5.74) is 1.13. The number of nitrogens with zero attached hydrogens (tertiary/aromatic N) is 2. The molecule has 6 heteroatoms. The van der Waals surface area contributed by atoms with Crippen molar-refractivity contribution in [1.82, 2.24) is 4.98 Å². The number of carbonyl (C=O) groups is 1. The zero-order valence-corrected chi connectivity index (χ0v) is 17.6. The maximum Gasteiger partial charge on any atom is 0.169 e. The fourth-order valence-corrected chi connectivity index (χ4v) is 4.02. The lowest BCUT2D eigenvalue weighted by molar-refractivity contribution is -0.117. The first kappa shape index (κ1) is 20.6. The highest BCUT2D eigenvalue weighted by Crippen LogP contribution is 2.30. The number of ketones is 1. The Bertz CT molecular complexity index is 883. The molecule has 1 aliphatic carbocycles. The molecular weight excluding hydrogens is 383 g/mol. The number of ether oxygens (including phenoxy) is 2. The van der Waals surface area contributed by atoms with E-state index < -0.39 is 0 Å². The van der Waals surface area contributed by atoms with Crippen LogP contribution < -0.4 is 14.4 Å². The fourth-order valence-electron chi connectivity index (χ4n) is 4.02. The third-order valence-electron chi connectivity index (χ3n) is 5.94. The van der Waals surface area contributed by atoms with Gasteiger partial charge < -0.3 is 19.2 Å². The molecule has 1 saturated carbocycles. The van der Waals surface area contributed by atoms with Crippen molar-refractivity contribution in [2.75, 3.05) is 18.0 Å². The van der Waals surface area contributed by atoms with Gasteiger partial charge in [0, 0.05) is 25.5 Å². The SMILES string of the molecule is CC(=O)C[C@@H](C)c1ccc(OC2CCN(c3ncc(OC4CCC4)cc3F)C2)cc1. The molecule has 0 radical (unpaired) electrons. The number of pyridine rings is 1. The molecule has 2 aliphatic rings. The summed E-state index contributed by atoms with van der Waals surface area (Å²) in [5, 5.41) is 0. The van der Waals surface area contributed by atoms with E-state index in [-0.39, 0.29) is 29.7 Å². The van der Waals surface area contributed by atoms with Crippen molar-refractivity contribution in [3.05, 3.63) is 47.9 Å². The predicted octanol–water partition coefficient (Wildman–Crippen LogP) is 4.89. The summed E-state index contributed by atoms with van der Waals surface area (Å²) < 4.78 is 26.4. The Morgan fingerprint density at radius 3 is 2.53 bits per heavy atom. The average Bonchev–Trinajstić information content (AvgIpc) is 3.13. The number of rotatable bonds is 8. The number of hydrogen-bond acceptors (Lipinski definition) is 5. The second-order valence-corrected chi connectivity index (χ2v) is 8.50. The van der Waals surface area contributed by atoms with Gasteiger partial charge in [0.05, 0.1) is 18.8 Å². The van der Waals surface area contributed by atoms with Crippen LogP contribution in [0.15, 0.2) is 36.5 Å². The Morgan fingerprint density at radius 2 is 1.90 bits per heavy atom. The van der Waals surface area contributed by atoms with Crippen molar-refractivity contribution in [3.8, 4) is 11.5 Å². The number of benzene rings is 1. The Labute approximate surface area is 177 Å². The maximum absolute atomic E-state index is 14.6. The number of anilines is 1. The largest absolute Gasteiger partial charge is 0.489 e. The van der Waals surface area contributed by atoms with Crippen molar-refractivity contribution in [3.63, 3.8) is 0 Å². The number of Topliss-reactive ketones (excluding diaryl/α,β-unsaturated/α-hetero) is 1. The van der Waals surface area contributed by atoms with Crippen LogP contribution in [0.3, 0.4) is 0 Å². The van der Waals surface area contributed by atoms with Crippen molar-refractivity contribution in [1.29, 1.82) is 0 Å². The van der Waals surface area contributed by atoms with E-state index >= 15 is 0 Å². The van der Waals surface area contributed by atoms with Crippen LogP contribution in [0.1, 0.15) is 57.4 Å². The molecule has 4 rings (SSSR count). The van der Waals surface area contributed by atoms with E-state index in [2.05, 4.69) is 11.9 Å². The van der Waals surface area contributed by atoms with E-state index in [1.807, 2.05) is 29.2 Å². The van der Waals surface area contributed by atoms with Crippen molar-refractivity contribution in [2.24, 2.45) is 0 Å². The third-order valence-corrected chi connectivity index (χ3v) is 5.94. The molecule has 1 aromatic heterocycles. The van der Waals surface area contributed by atoms with Gasteiger partial charge in [-0.05, 0) is 49.8 Å². The second kappa shape index (κ2) is 9.02. The zero-order chi connectivity index (χ0) is 21.1. The lowest BCUT2D eigenvalue weighted by Crippen LogP contribution is -2.27. The first-order chi connectivity index (χ1) is 14.5. The molecule has 1 aliphatic heterocycles. The summed E-state index contributed by atoms with van der Waals surface area (Å²) in [6.45, 7) is 4.96. The molecule has 2 atom stereocenters. The summed E-state index contributed by atoms with van der Waals surface area (Å²) in [6, 6.07) is 9.35. The van der Waals surface area contributed by atoms with Gasteiger partial charge >= 0.3 is 0 Å². The van der Waals surface area contributed by atoms with Gasteiger partial charge in [0.15, 0.2) is 11.6 Å². The molecule has 1 aromatic carbocycles. The second-order valence-electron chi connectivity index (χ2n) is 8.50. The van der Waals surface area contributed by atoms with E-state index in [4.69, 9.17) is 9.47 Å². The first-order valence-electron chi connectivity index (χ1n) is 10.8. The van der Waals surface area contributed by atoms with Gasteiger partial charge in [-0.25, -0.2) is 9.37 Å². The summed E-state index contributed by atoms with van der Waals surface area (Å²) in [7, 11) is 0. The molecule has 1 unspecified atom stereocenters. The highest BCUT2D eigenvalue weighted by Gasteiger charge is 2.28. The van der Waals surface area contributed by atoms with Crippen LogP contribution in [-0.4, -0.2) is 36.1 Å². The monoisotopic (exact) mass is 412 g/mol. The topological polar surface area (TPSA) is 51.7 Å². The molecule has 0 amide bonds. The normalized spacial score (nSPS) is 20.0. The van der Waals surface area contributed by atoms with E-state index in [1.165, 1.54) is 12.5 Å². The number of hydrogen-bond donors (Lipinski definition) is 0. The maximum atomic E-state index is 14.6. The highest BCUT2D eigenvalue weighted by atomic mass is 19.1.